The van der Waals surface area contributed by atoms with E-state index in [-0.39, 0.29) is 28.7 Å². The highest BCUT2D eigenvalue weighted by atomic mass is 32.1. The van der Waals surface area contributed by atoms with Gasteiger partial charge in [-0.25, -0.2) is 14.4 Å². The molecule has 1 aromatic carbocycles. The summed E-state index contributed by atoms with van der Waals surface area (Å²) in [6.07, 6.45) is 6.66. The third-order valence-corrected chi connectivity index (χ3v) is 8.77. The van der Waals surface area contributed by atoms with Crippen molar-refractivity contribution >= 4 is 40.1 Å². The number of nitrogens with zero attached hydrogens (tertiary/aromatic N) is 4. The van der Waals surface area contributed by atoms with E-state index in [1.165, 1.54) is 35.0 Å². The van der Waals surface area contributed by atoms with Crippen LogP contribution in [0.3, 0.4) is 0 Å². The smallest absolute Gasteiger partial charge is 0.304 e. The minimum atomic E-state index is -1.06. The molecule has 3 aromatic rings. The van der Waals surface area contributed by atoms with E-state index in [0.29, 0.717) is 53.5 Å². The van der Waals surface area contributed by atoms with Gasteiger partial charge in [-0.05, 0) is 48.1 Å². The zero-order valence-corrected chi connectivity index (χ0v) is 23.1. The molecule has 1 aliphatic carbocycles. The number of pyridine rings is 1. The molecule has 1 N–H and O–H groups in total. The number of anilines is 2. The first-order valence-electron chi connectivity index (χ1n) is 13.3. The Kier molecular flexibility index (Phi) is 7.93. The Balaban J connectivity index is 1.47. The first-order valence-corrected chi connectivity index (χ1v) is 14.2. The van der Waals surface area contributed by atoms with Crippen molar-refractivity contribution in [2.24, 2.45) is 11.8 Å². The molecular formula is C29H30F2N4O4S. The summed E-state index contributed by atoms with van der Waals surface area (Å²) in [5.41, 5.74) is 2.07. The number of carboxylic acids is 1. The van der Waals surface area contributed by atoms with Gasteiger partial charge in [0.2, 0.25) is 16.9 Å². The normalized spacial score (nSPS) is 16.2. The number of carbonyl (C=O) groups is 3. The summed E-state index contributed by atoms with van der Waals surface area (Å²) in [6, 6.07) is 5.86. The lowest BCUT2D eigenvalue weighted by Gasteiger charge is -2.25. The lowest BCUT2D eigenvalue weighted by molar-refractivity contribution is -0.140. The van der Waals surface area contributed by atoms with Crippen molar-refractivity contribution in [3.05, 3.63) is 47.0 Å². The van der Waals surface area contributed by atoms with Crippen LogP contribution in [0.4, 0.5) is 19.7 Å². The molecule has 0 saturated heterocycles. The van der Waals surface area contributed by atoms with Crippen LogP contribution >= 0.6 is 11.3 Å². The average Bonchev–Trinajstić information content (AvgIpc) is 3.58. The molecule has 2 aromatic heterocycles. The molecule has 8 nitrogen and oxygen atoms in total. The van der Waals surface area contributed by atoms with Gasteiger partial charge in [-0.2, -0.15) is 4.39 Å². The number of fused-ring (bicyclic) bond motifs is 1. The predicted molar refractivity (Wildman–Crippen MR) is 148 cm³/mol. The van der Waals surface area contributed by atoms with E-state index in [9.17, 15) is 23.9 Å². The molecule has 1 aliphatic heterocycles. The number of aryl methyl sites for hydroxylation is 1. The molecule has 1 fully saturated rings. The standard InChI is InChI=1S/C29H30F2N4O4S/c1-34-23(36)10-7-17-12-19(15-32-27(17)34)21-9-8-20(30)14-22(21)25-26(31)40-29(33-25)35(2)28(39)18(13-24(37)38)11-16-5-3-4-6-16/h8-9,12,14-16,18H,3-7,10-11,13H2,1-2H3,(H,37,38)/t18-/m1/s1. The Morgan fingerprint density at radius 3 is 2.65 bits per heavy atom. The zero-order valence-electron chi connectivity index (χ0n) is 22.3. The van der Waals surface area contributed by atoms with Gasteiger partial charge in [-0.1, -0.05) is 43.1 Å². The Bertz CT molecular complexity index is 1470. The molecule has 210 valence electrons. The number of carboxylic acid groups (broad SMARTS) is 1. The molecule has 0 radical (unpaired) electrons. The second-order valence-corrected chi connectivity index (χ2v) is 11.5. The number of hydrogen-bond donors (Lipinski definition) is 1. The molecule has 0 spiro atoms. The molecular weight excluding hydrogens is 538 g/mol. The number of amides is 2. The molecule has 3 heterocycles. The van der Waals surface area contributed by atoms with Crippen LogP contribution in [0, 0.1) is 22.8 Å². The number of aromatic nitrogens is 2. The Morgan fingerprint density at radius 2 is 1.93 bits per heavy atom. The zero-order chi connectivity index (χ0) is 28.6. The molecule has 1 saturated carbocycles. The maximum atomic E-state index is 15.4. The molecule has 5 rings (SSSR count). The van der Waals surface area contributed by atoms with Crippen molar-refractivity contribution in [2.75, 3.05) is 23.9 Å². The van der Waals surface area contributed by atoms with Gasteiger partial charge < -0.3 is 5.11 Å². The van der Waals surface area contributed by atoms with E-state index in [0.717, 1.165) is 31.2 Å². The van der Waals surface area contributed by atoms with Crippen molar-refractivity contribution in [3.63, 3.8) is 0 Å². The van der Waals surface area contributed by atoms with Crippen LogP contribution in [-0.2, 0) is 20.8 Å². The Labute approximate surface area is 234 Å². The first kappa shape index (κ1) is 27.8. The molecule has 2 amide bonds. The summed E-state index contributed by atoms with van der Waals surface area (Å²) in [5, 5.41) is 8.79. The Hall–Kier alpha value is -3.73. The maximum absolute atomic E-state index is 15.4. The summed E-state index contributed by atoms with van der Waals surface area (Å²) in [7, 11) is 3.13. The largest absolute Gasteiger partial charge is 0.481 e. The van der Waals surface area contributed by atoms with Gasteiger partial charge >= 0.3 is 5.97 Å². The maximum Gasteiger partial charge on any atom is 0.304 e. The van der Waals surface area contributed by atoms with Gasteiger partial charge in [-0.3, -0.25) is 24.2 Å². The minimum absolute atomic E-state index is 0.0280. The predicted octanol–water partition coefficient (Wildman–Crippen LogP) is 5.69. The van der Waals surface area contributed by atoms with Crippen molar-refractivity contribution in [3.8, 4) is 22.4 Å². The van der Waals surface area contributed by atoms with E-state index in [2.05, 4.69) is 9.97 Å². The average molecular weight is 569 g/mol. The van der Waals surface area contributed by atoms with Gasteiger partial charge in [0.15, 0.2) is 5.13 Å². The monoisotopic (exact) mass is 568 g/mol. The molecule has 0 unspecified atom stereocenters. The number of rotatable bonds is 8. The number of aliphatic carboxylic acids is 1. The van der Waals surface area contributed by atoms with E-state index in [1.807, 2.05) is 6.07 Å². The topological polar surface area (TPSA) is 104 Å². The van der Waals surface area contributed by atoms with Gasteiger partial charge in [0.25, 0.3) is 0 Å². The summed E-state index contributed by atoms with van der Waals surface area (Å²) in [6.45, 7) is 0. The number of thiazole rings is 1. The van der Waals surface area contributed by atoms with Crippen molar-refractivity contribution in [2.45, 2.75) is 51.4 Å². The van der Waals surface area contributed by atoms with E-state index in [4.69, 9.17) is 0 Å². The highest BCUT2D eigenvalue weighted by molar-refractivity contribution is 7.14. The molecule has 11 heteroatoms. The fourth-order valence-corrected chi connectivity index (χ4v) is 6.50. The van der Waals surface area contributed by atoms with Gasteiger partial charge in [0, 0.05) is 43.8 Å². The molecule has 2 aliphatic rings. The summed E-state index contributed by atoms with van der Waals surface area (Å²) in [5.74, 6) is -1.98. The molecule has 0 bridgehead atoms. The van der Waals surface area contributed by atoms with E-state index >= 15 is 4.39 Å². The first-order chi connectivity index (χ1) is 19.1. The Morgan fingerprint density at radius 1 is 1.18 bits per heavy atom. The van der Waals surface area contributed by atoms with Crippen LogP contribution < -0.4 is 9.80 Å². The number of halogens is 2. The van der Waals surface area contributed by atoms with Gasteiger partial charge in [0.1, 0.15) is 17.3 Å². The fraction of sp³-hybridized carbons (Fsp3) is 0.414. The SMILES string of the molecule is CN(C(=O)[C@@H](CC(=O)O)CC1CCCC1)c1nc(-c2cc(F)ccc2-c2cnc3c(c2)CCC(=O)N3C)c(F)s1. The number of carbonyl (C=O) groups excluding carboxylic acids is 2. The fourth-order valence-electron chi connectivity index (χ4n) is 5.73. The highest BCUT2D eigenvalue weighted by Crippen LogP contribution is 2.40. The van der Waals surface area contributed by atoms with Crippen LogP contribution in [0.25, 0.3) is 22.4 Å². The third kappa shape index (κ3) is 5.60. The quantitative estimate of drug-likeness (QED) is 0.374. The van der Waals surface area contributed by atoms with Crippen LogP contribution in [0.15, 0.2) is 30.5 Å². The van der Waals surface area contributed by atoms with Crippen LogP contribution in [0.1, 0.15) is 50.5 Å². The highest BCUT2D eigenvalue weighted by Gasteiger charge is 2.32. The second-order valence-electron chi connectivity index (χ2n) is 10.5. The molecule has 40 heavy (non-hydrogen) atoms. The van der Waals surface area contributed by atoms with E-state index < -0.39 is 28.7 Å². The van der Waals surface area contributed by atoms with Crippen molar-refractivity contribution < 1.29 is 28.3 Å². The lowest BCUT2D eigenvalue weighted by atomic mass is 9.90. The van der Waals surface area contributed by atoms with Crippen LogP contribution in [0.5, 0.6) is 0 Å². The lowest BCUT2D eigenvalue weighted by Crippen LogP contribution is -2.35. The van der Waals surface area contributed by atoms with Crippen molar-refractivity contribution in [1.29, 1.82) is 0 Å². The number of hydrogen-bond acceptors (Lipinski definition) is 6. The summed E-state index contributed by atoms with van der Waals surface area (Å²) >= 11 is 0.655. The minimum Gasteiger partial charge on any atom is -0.481 e. The number of benzene rings is 1. The van der Waals surface area contributed by atoms with Crippen molar-refractivity contribution in [1.82, 2.24) is 9.97 Å². The van der Waals surface area contributed by atoms with Gasteiger partial charge in [-0.15, -0.1) is 0 Å². The van der Waals surface area contributed by atoms with Gasteiger partial charge in [0.05, 0.1) is 6.42 Å². The molecule has 1 atom stereocenters. The second kappa shape index (κ2) is 11.4. The summed E-state index contributed by atoms with van der Waals surface area (Å²) in [4.78, 5) is 48.5. The third-order valence-electron chi connectivity index (χ3n) is 7.85. The summed E-state index contributed by atoms with van der Waals surface area (Å²) < 4.78 is 29.8. The van der Waals surface area contributed by atoms with Crippen LogP contribution in [0.2, 0.25) is 0 Å². The van der Waals surface area contributed by atoms with Crippen LogP contribution in [-0.4, -0.2) is 47.0 Å². The van der Waals surface area contributed by atoms with E-state index in [1.54, 1.807) is 13.2 Å².